The van der Waals surface area contributed by atoms with Crippen LogP contribution >= 0.6 is 0 Å². The molecule has 23 heavy (non-hydrogen) atoms. The molecule has 1 saturated heterocycles. The smallest absolute Gasteiger partial charge is 0.255 e. The Hall–Kier alpha value is -2.24. The number of carbonyl (C=O) groups is 3. The standard InChI is InChI=1S/C15H15FN2O3.C2H6/c1-2-8-5-9-7-18(15(21)10(9)6-11(8)16)12-3-4-13(19)17-14(12)20;1-2/h5-6,12H,2-4,7H2,1H3,(H,17,19,20);1-2H3. The summed E-state index contributed by atoms with van der Waals surface area (Å²) in [6.07, 6.45) is 1.07. The lowest BCUT2D eigenvalue weighted by Gasteiger charge is -2.29. The summed E-state index contributed by atoms with van der Waals surface area (Å²) in [6, 6.07) is 2.28. The summed E-state index contributed by atoms with van der Waals surface area (Å²) < 4.78 is 13.8. The van der Waals surface area contributed by atoms with E-state index in [0.717, 1.165) is 5.56 Å². The molecule has 1 atom stereocenters. The molecule has 0 radical (unpaired) electrons. The molecule has 1 fully saturated rings. The number of benzene rings is 1. The average Bonchev–Trinajstić information content (AvgIpc) is 2.85. The molecule has 5 nitrogen and oxygen atoms in total. The molecule has 0 aromatic heterocycles. The third-order valence-electron chi connectivity index (χ3n) is 4.07. The Bertz CT molecular complexity index is 657. The molecule has 0 spiro atoms. The molecule has 1 aromatic rings. The van der Waals surface area contributed by atoms with Crippen molar-refractivity contribution in [3.8, 4) is 0 Å². The van der Waals surface area contributed by atoms with Crippen LogP contribution in [0.15, 0.2) is 12.1 Å². The Morgan fingerprint density at radius 2 is 1.96 bits per heavy atom. The normalized spacial score (nSPS) is 19.9. The molecular weight excluding hydrogens is 299 g/mol. The molecule has 1 unspecified atom stereocenters. The van der Waals surface area contributed by atoms with Crippen molar-refractivity contribution in [1.82, 2.24) is 10.2 Å². The predicted molar refractivity (Wildman–Crippen MR) is 83.2 cm³/mol. The Morgan fingerprint density at radius 3 is 2.57 bits per heavy atom. The van der Waals surface area contributed by atoms with Gasteiger partial charge in [-0.1, -0.05) is 26.8 Å². The first kappa shape index (κ1) is 17.1. The molecular formula is C17H21FN2O3. The molecule has 3 rings (SSSR count). The topological polar surface area (TPSA) is 66.5 Å². The third-order valence-corrected chi connectivity index (χ3v) is 4.07. The molecule has 2 aliphatic heterocycles. The quantitative estimate of drug-likeness (QED) is 0.849. The highest BCUT2D eigenvalue weighted by molar-refractivity contribution is 6.05. The summed E-state index contributed by atoms with van der Waals surface area (Å²) in [7, 11) is 0. The van der Waals surface area contributed by atoms with Gasteiger partial charge >= 0.3 is 0 Å². The van der Waals surface area contributed by atoms with E-state index >= 15 is 0 Å². The van der Waals surface area contributed by atoms with Gasteiger partial charge in [0.2, 0.25) is 11.8 Å². The molecule has 1 aromatic carbocycles. The summed E-state index contributed by atoms with van der Waals surface area (Å²) >= 11 is 0. The minimum Gasteiger partial charge on any atom is -0.322 e. The van der Waals surface area contributed by atoms with Crippen LogP contribution in [0.3, 0.4) is 0 Å². The number of aryl methyl sites for hydroxylation is 1. The number of carbonyl (C=O) groups excluding carboxylic acids is 3. The van der Waals surface area contributed by atoms with Gasteiger partial charge in [-0.05, 0) is 30.0 Å². The van der Waals surface area contributed by atoms with Crippen molar-refractivity contribution in [2.45, 2.75) is 52.6 Å². The number of hydrogen-bond acceptors (Lipinski definition) is 3. The van der Waals surface area contributed by atoms with Gasteiger partial charge in [-0.3, -0.25) is 19.7 Å². The first-order valence-corrected chi connectivity index (χ1v) is 7.97. The minimum atomic E-state index is -0.657. The lowest BCUT2D eigenvalue weighted by Crippen LogP contribution is -2.52. The highest BCUT2D eigenvalue weighted by Gasteiger charge is 2.39. The summed E-state index contributed by atoms with van der Waals surface area (Å²) in [4.78, 5) is 36.8. The van der Waals surface area contributed by atoms with E-state index in [-0.39, 0.29) is 24.8 Å². The van der Waals surface area contributed by atoms with Gasteiger partial charge in [-0.2, -0.15) is 0 Å². The van der Waals surface area contributed by atoms with E-state index in [2.05, 4.69) is 5.32 Å². The van der Waals surface area contributed by atoms with Crippen LogP contribution in [0.2, 0.25) is 0 Å². The van der Waals surface area contributed by atoms with E-state index in [9.17, 15) is 18.8 Å². The highest BCUT2D eigenvalue weighted by Crippen LogP contribution is 2.29. The third kappa shape index (κ3) is 3.11. The fourth-order valence-electron chi connectivity index (χ4n) is 2.91. The molecule has 0 saturated carbocycles. The number of nitrogens with zero attached hydrogens (tertiary/aromatic N) is 1. The van der Waals surface area contributed by atoms with Crippen molar-refractivity contribution >= 4 is 17.7 Å². The number of piperidine rings is 1. The zero-order valence-electron chi connectivity index (χ0n) is 13.6. The average molecular weight is 320 g/mol. The van der Waals surface area contributed by atoms with Gasteiger partial charge < -0.3 is 4.90 Å². The summed E-state index contributed by atoms with van der Waals surface area (Å²) in [6.45, 7) is 6.13. The monoisotopic (exact) mass is 320 g/mol. The van der Waals surface area contributed by atoms with E-state index in [1.54, 1.807) is 6.07 Å². The molecule has 1 N–H and O–H groups in total. The molecule has 6 heteroatoms. The number of fused-ring (bicyclic) bond motifs is 1. The van der Waals surface area contributed by atoms with E-state index in [1.165, 1.54) is 11.0 Å². The van der Waals surface area contributed by atoms with Crippen LogP contribution in [0.4, 0.5) is 4.39 Å². The predicted octanol–water partition coefficient (Wildman–Crippen LogP) is 2.18. The maximum atomic E-state index is 13.8. The number of rotatable bonds is 2. The highest BCUT2D eigenvalue weighted by atomic mass is 19.1. The lowest BCUT2D eigenvalue weighted by molar-refractivity contribution is -0.136. The van der Waals surface area contributed by atoms with Gasteiger partial charge in [0.25, 0.3) is 5.91 Å². The molecule has 0 bridgehead atoms. The number of imide groups is 1. The van der Waals surface area contributed by atoms with E-state index in [4.69, 9.17) is 0 Å². The summed E-state index contributed by atoms with van der Waals surface area (Å²) in [5.41, 5.74) is 1.61. The van der Waals surface area contributed by atoms with E-state index < -0.39 is 17.8 Å². The fourth-order valence-corrected chi connectivity index (χ4v) is 2.91. The van der Waals surface area contributed by atoms with Crippen LogP contribution in [0.25, 0.3) is 0 Å². The van der Waals surface area contributed by atoms with Crippen molar-refractivity contribution in [3.05, 3.63) is 34.6 Å². The van der Waals surface area contributed by atoms with Gasteiger partial charge in [0.05, 0.1) is 0 Å². The fraction of sp³-hybridized carbons (Fsp3) is 0.471. The van der Waals surface area contributed by atoms with Crippen molar-refractivity contribution in [3.63, 3.8) is 0 Å². The molecule has 0 aliphatic carbocycles. The molecule has 124 valence electrons. The summed E-state index contributed by atoms with van der Waals surface area (Å²) in [5, 5.41) is 2.24. The maximum absolute atomic E-state index is 13.8. The number of halogens is 1. The second-order valence-electron chi connectivity index (χ2n) is 5.35. The zero-order chi connectivity index (χ0) is 17.1. The zero-order valence-corrected chi connectivity index (χ0v) is 13.6. The number of hydrogen-bond donors (Lipinski definition) is 1. The van der Waals surface area contributed by atoms with Crippen LogP contribution in [-0.2, 0) is 22.6 Å². The van der Waals surface area contributed by atoms with Crippen molar-refractivity contribution < 1.29 is 18.8 Å². The van der Waals surface area contributed by atoms with Gasteiger partial charge in [0.15, 0.2) is 0 Å². The first-order valence-electron chi connectivity index (χ1n) is 7.97. The van der Waals surface area contributed by atoms with Crippen molar-refractivity contribution in [2.24, 2.45) is 0 Å². The Labute approximate surface area is 134 Å². The number of amides is 3. The van der Waals surface area contributed by atoms with Crippen LogP contribution in [0.5, 0.6) is 0 Å². The van der Waals surface area contributed by atoms with Crippen LogP contribution in [-0.4, -0.2) is 28.7 Å². The van der Waals surface area contributed by atoms with Gasteiger partial charge in [0, 0.05) is 18.5 Å². The van der Waals surface area contributed by atoms with Crippen LogP contribution in [0, 0.1) is 5.82 Å². The SMILES string of the molecule is CC.CCc1cc2c(cc1F)C(=O)N(C1CCC(=O)NC1=O)C2. The number of nitrogens with one attached hydrogen (secondary N) is 1. The minimum absolute atomic E-state index is 0.213. The van der Waals surface area contributed by atoms with Gasteiger partial charge in [-0.25, -0.2) is 4.39 Å². The van der Waals surface area contributed by atoms with Crippen molar-refractivity contribution in [1.29, 1.82) is 0 Å². The first-order chi connectivity index (χ1) is 11.0. The maximum Gasteiger partial charge on any atom is 0.255 e. The molecule has 2 heterocycles. The van der Waals surface area contributed by atoms with Gasteiger partial charge in [-0.15, -0.1) is 0 Å². The second kappa shape index (κ2) is 6.89. The second-order valence-corrected chi connectivity index (χ2v) is 5.35. The van der Waals surface area contributed by atoms with E-state index in [0.29, 0.717) is 24.0 Å². The largest absolute Gasteiger partial charge is 0.322 e. The molecule has 2 aliphatic rings. The van der Waals surface area contributed by atoms with Crippen LogP contribution in [0.1, 0.15) is 55.1 Å². The molecule has 3 amide bonds. The van der Waals surface area contributed by atoms with Crippen LogP contribution < -0.4 is 5.32 Å². The van der Waals surface area contributed by atoms with Crippen molar-refractivity contribution in [2.75, 3.05) is 0 Å². The van der Waals surface area contributed by atoms with Gasteiger partial charge in [0.1, 0.15) is 11.9 Å². The van der Waals surface area contributed by atoms with E-state index in [1.807, 2.05) is 20.8 Å². The Kier molecular flexibility index (Phi) is 5.13. The Morgan fingerprint density at radius 1 is 1.26 bits per heavy atom. The lowest BCUT2D eigenvalue weighted by atomic mass is 10.0. The summed E-state index contributed by atoms with van der Waals surface area (Å²) in [5.74, 6) is -1.51. The Balaban J connectivity index is 0.000000924.